The van der Waals surface area contributed by atoms with Crippen molar-refractivity contribution in [2.24, 2.45) is 0 Å². The van der Waals surface area contributed by atoms with E-state index in [0.29, 0.717) is 21.1 Å². The highest BCUT2D eigenvalue weighted by Gasteiger charge is 2.39. The van der Waals surface area contributed by atoms with E-state index in [4.69, 9.17) is 20.9 Å². The number of halogens is 1. The summed E-state index contributed by atoms with van der Waals surface area (Å²) in [5.41, 5.74) is 0.694. The molecule has 0 fully saturated rings. The molecule has 0 radical (unpaired) electrons. The Bertz CT molecular complexity index is 988. The first-order valence-electron chi connectivity index (χ1n) is 6.94. The lowest BCUT2D eigenvalue weighted by molar-refractivity contribution is -0.0602. The van der Waals surface area contributed by atoms with Crippen LogP contribution in [0.4, 0.5) is 0 Å². The topological polar surface area (TPSA) is 76.8 Å². The molecule has 0 saturated heterocycles. The molecule has 2 heterocycles. The molecule has 0 unspecified atom stereocenters. The third kappa shape index (κ3) is 2.08. The van der Waals surface area contributed by atoms with Crippen molar-refractivity contribution in [3.05, 3.63) is 70.4 Å². The van der Waals surface area contributed by atoms with Gasteiger partial charge in [-0.25, -0.2) is 4.79 Å². The second kappa shape index (κ2) is 5.21. The third-order valence-corrected chi connectivity index (χ3v) is 3.93. The number of hydrogen-bond donors (Lipinski definition) is 0. The van der Waals surface area contributed by atoms with Gasteiger partial charge in [-0.2, -0.15) is 0 Å². The maximum Gasteiger partial charge on any atom is 0.399 e. The third-order valence-electron chi connectivity index (χ3n) is 3.63. The molecule has 3 aromatic rings. The first kappa shape index (κ1) is 14.5. The Morgan fingerprint density at radius 2 is 1.67 bits per heavy atom. The largest absolute Gasteiger partial charge is 0.447 e. The summed E-state index contributed by atoms with van der Waals surface area (Å²) in [7, 11) is 0. The normalized spacial score (nSPS) is 13.5. The van der Waals surface area contributed by atoms with Crippen LogP contribution in [0.25, 0.3) is 11.0 Å². The molecule has 1 aliphatic rings. The van der Waals surface area contributed by atoms with Crippen LogP contribution in [0.15, 0.2) is 52.9 Å². The molecule has 0 bridgehead atoms. The predicted molar refractivity (Wildman–Crippen MR) is 83.6 cm³/mol. The van der Waals surface area contributed by atoms with E-state index in [9.17, 15) is 14.4 Å². The number of para-hydroxylation sites is 1. The number of amides is 2. The maximum absolute atomic E-state index is 12.2. The van der Waals surface area contributed by atoms with Crippen molar-refractivity contribution in [3.63, 3.8) is 0 Å². The standard InChI is InChI=1S/C17H8ClNO5/c18-12-7-3-4-9-8-13(23-14(9)12)17(22)24-19-15(20)10-5-1-2-6-11(10)16(19)21/h1-8H. The van der Waals surface area contributed by atoms with Gasteiger partial charge in [0.05, 0.1) is 16.1 Å². The molecule has 24 heavy (non-hydrogen) atoms. The molecule has 0 aliphatic carbocycles. The van der Waals surface area contributed by atoms with E-state index < -0.39 is 17.8 Å². The van der Waals surface area contributed by atoms with E-state index in [2.05, 4.69) is 0 Å². The fourth-order valence-corrected chi connectivity index (χ4v) is 2.73. The Hall–Kier alpha value is -3.12. The summed E-state index contributed by atoms with van der Waals surface area (Å²) < 4.78 is 5.36. The summed E-state index contributed by atoms with van der Waals surface area (Å²) in [6.45, 7) is 0. The molecule has 0 spiro atoms. The van der Waals surface area contributed by atoms with Crippen LogP contribution in [0.3, 0.4) is 0 Å². The first-order valence-corrected chi connectivity index (χ1v) is 7.32. The lowest BCUT2D eigenvalue weighted by atomic mass is 10.1. The van der Waals surface area contributed by atoms with Crippen molar-refractivity contribution in [2.45, 2.75) is 0 Å². The minimum atomic E-state index is -0.961. The Balaban J connectivity index is 1.64. The average Bonchev–Trinajstić information content (AvgIpc) is 3.12. The molecule has 1 aliphatic heterocycles. The van der Waals surface area contributed by atoms with Crippen molar-refractivity contribution in [2.75, 3.05) is 0 Å². The lowest BCUT2D eigenvalue weighted by Gasteiger charge is -2.11. The number of benzene rings is 2. The van der Waals surface area contributed by atoms with Crippen LogP contribution in [-0.2, 0) is 4.84 Å². The number of carbonyl (C=O) groups excluding carboxylic acids is 3. The van der Waals surface area contributed by atoms with Gasteiger partial charge >= 0.3 is 5.97 Å². The molecule has 0 atom stereocenters. The van der Waals surface area contributed by atoms with E-state index in [-0.39, 0.29) is 16.9 Å². The van der Waals surface area contributed by atoms with Crippen LogP contribution in [-0.4, -0.2) is 22.8 Å². The quantitative estimate of drug-likeness (QED) is 0.667. The van der Waals surface area contributed by atoms with Crippen molar-refractivity contribution >= 4 is 40.4 Å². The average molecular weight is 342 g/mol. The van der Waals surface area contributed by atoms with Gasteiger partial charge in [0.25, 0.3) is 11.8 Å². The van der Waals surface area contributed by atoms with Crippen LogP contribution in [0, 0.1) is 0 Å². The molecule has 1 aromatic heterocycles. The molecule has 4 rings (SSSR count). The van der Waals surface area contributed by atoms with Gasteiger partial charge in [0.1, 0.15) is 0 Å². The molecule has 2 amide bonds. The van der Waals surface area contributed by atoms with Gasteiger partial charge < -0.3 is 9.25 Å². The van der Waals surface area contributed by atoms with Crippen molar-refractivity contribution in [3.8, 4) is 0 Å². The Kier molecular flexibility index (Phi) is 3.14. The zero-order chi connectivity index (χ0) is 16.8. The SMILES string of the molecule is O=C(ON1C(=O)c2ccccc2C1=O)c1cc2cccc(Cl)c2o1. The van der Waals surface area contributed by atoms with Gasteiger partial charge in [0, 0.05) is 5.39 Å². The highest BCUT2D eigenvalue weighted by atomic mass is 35.5. The number of rotatable bonds is 2. The fourth-order valence-electron chi connectivity index (χ4n) is 2.51. The molecule has 0 N–H and O–H groups in total. The zero-order valence-corrected chi connectivity index (χ0v) is 12.7. The second-order valence-electron chi connectivity index (χ2n) is 5.10. The molecule has 0 saturated carbocycles. The molecule has 7 heteroatoms. The Labute approximate surface area is 140 Å². The molecular weight excluding hydrogens is 334 g/mol. The van der Waals surface area contributed by atoms with Crippen molar-refractivity contribution < 1.29 is 23.6 Å². The summed E-state index contributed by atoms with van der Waals surface area (Å²) in [5.74, 6) is -2.51. The monoisotopic (exact) mass is 341 g/mol. The minimum Gasteiger partial charge on any atom is -0.447 e. The number of imide groups is 1. The van der Waals surface area contributed by atoms with Gasteiger partial charge in [0.2, 0.25) is 5.76 Å². The van der Waals surface area contributed by atoms with Gasteiger partial charge in [-0.05, 0) is 24.3 Å². The van der Waals surface area contributed by atoms with Gasteiger partial charge in [-0.3, -0.25) is 9.59 Å². The first-order chi connectivity index (χ1) is 11.6. The second-order valence-corrected chi connectivity index (χ2v) is 5.51. The van der Waals surface area contributed by atoms with Gasteiger partial charge in [-0.1, -0.05) is 40.9 Å². The number of hydroxylamine groups is 2. The maximum atomic E-state index is 12.2. The lowest BCUT2D eigenvalue weighted by Crippen LogP contribution is -2.32. The van der Waals surface area contributed by atoms with Crippen LogP contribution >= 0.6 is 11.6 Å². The van der Waals surface area contributed by atoms with E-state index in [0.717, 1.165) is 0 Å². The Morgan fingerprint density at radius 1 is 1.00 bits per heavy atom. The van der Waals surface area contributed by atoms with Crippen molar-refractivity contribution in [1.29, 1.82) is 0 Å². The summed E-state index contributed by atoms with van der Waals surface area (Å²) in [4.78, 5) is 41.5. The summed E-state index contributed by atoms with van der Waals surface area (Å²) in [6.07, 6.45) is 0. The minimum absolute atomic E-state index is 0.158. The summed E-state index contributed by atoms with van der Waals surface area (Å²) >= 11 is 5.99. The number of furan rings is 1. The zero-order valence-electron chi connectivity index (χ0n) is 12.0. The molecule has 118 valence electrons. The number of fused-ring (bicyclic) bond motifs is 2. The molecule has 6 nitrogen and oxygen atoms in total. The van der Waals surface area contributed by atoms with E-state index in [1.54, 1.807) is 30.3 Å². The highest BCUT2D eigenvalue weighted by molar-refractivity contribution is 6.34. The van der Waals surface area contributed by atoms with Crippen LogP contribution in [0.2, 0.25) is 5.02 Å². The van der Waals surface area contributed by atoms with E-state index in [1.165, 1.54) is 18.2 Å². The van der Waals surface area contributed by atoms with Crippen molar-refractivity contribution in [1.82, 2.24) is 5.06 Å². The molecule has 2 aromatic carbocycles. The van der Waals surface area contributed by atoms with E-state index in [1.807, 2.05) is 0 Å². The summed E-state index contributed by atoms with van der Waals surface area (Å²) in [5, 5.41) is 1.38. The molecular formula is C17H8ClNO5. The Morgan fingerprint density at radius 3 is 2.29 bits per heavy atom. The van der Waals surface area contributed by atoms with Gasteiger partial charge in [-0.15, -0.1) is 0 Å². The van der Waals surface area contributed by atoms with Crippen LogP contribution in [0.5, 0.6) is 0 Å². The highest BCUT2D eigenvalue weighted by Crippen LogP contribution is 2.28. The smallest absolute Gasteiger partial charge is 0.399 e. The van der Waals surface area contributed by atoms with Crippen LogP contribution in [0.1, 0.15) is 31.3 Å². The predicted octanol–water partition coefficient (Wildman–Crippen LogP) is 3.45. The fraction of sp³-hybridized carbons (Fsp3) is 0. The van der Waals surface area contributed by atoms with E-state index >= 15 is 0 Å². The van der Waals surface area contributed by atoms with Crippen LogP contribution < -0.4 is 0 Å². The summed E-state index contributed by atoms with van der Waals surface area (Å²) in [6, 6.07) is 12.7. The number of nitrogens with zero attached hydrogens (tertiary/aromatic N) is 1. The van der Waals surface area contributed by atoms with Gasteiger partial charge in [0.15, 0.2) is 5.58 Å². The number of carbonyl (C=O) groups is 3. The number of hydrogen-bond acceptors (Lipinski definition) is 5.